The first-order valence-electron chi connectivity index (χ1n) is 7.93. The van der Waals surface area contributed by atoms with Gasteiger partial charge < -0.3 is 0 Å². The van der Waals surface area contributed by atoms with Gasteiger partial charge in [-0.05, 0) is 25.6 Å². The molecular weight excluding hydrogens is 360 g/mol. The van der Waals surface area contributed by atoms with Gasteiger partial charge in [-0.2, -0.15) is 25.3 Å². The lowest BCUT2D eigenvalue weighted by Crippen LogP contribution is -2.13. The van der Waals surface area contributed by atoms with E-state index in [-0.39, 0.29) is 19.4 Å². The third kappa shape index (κ3) is 16.1. The van der Waals surface area contributed by atoms with Crippen molar-refractivity contribution in [2.75, 3.05) is 38.1 Å². The highest BCUT2D eigenvalue weighted by atomic mass is 32.2. The predicted octanol–water partition coefficient (Wildman–Crippen LogP) is -0.154. The maximum Gasteiger partial charge on any atom is 0.267 e. The van der Waals surface area contributed by atoms with E-state index in [0.717, 1.165) is 6.26 Å². The molecule has 0 aromatic rings. The van der Waals surface area contributed by atoms with E-state index in [4.69, 9.17) is 5.48 Å². The van der Waals surface area contributed by atoms with E-state index in [1.54, 1.807) is 0 Å². The van der Waals surface area contributed by atoms with Gasteiger partial charge in [0.15, 0.2) is 0 Å². The van der Waals surface area contributed by atoms with Crippen molar-refractivity contribution in [3.63, 3.8) is 0 Å². The standard InChI is InChI=1S/C10H22O9S3/c1-20(11,12)17-7-3-4-9-19-22(15,16)10-6-5-8-18-21(2,13)14/h3-10H2,1-2H3/i3D2,4D2. The van der Waals surface area contributed by atoms with Gasteiger partial charge in [0.1, 0.15) is 0 Å². The Bertz CT molecular complexity index is 760. The van der Waals surface area contributed by atoms with Gasteiger partial charge in [-0.3, -0.25) is 12.5 Å². The van der Waals surface area contributed by atoms with Crippen molar-refractivity contribution in [3.8, 4) is 0 Å². The van der Waals surface area contributed by atoms with Crippen molar-refractivity contribution in [3.05, 3.63) is 0 Å². The zero-order valence-electron chi connectivity index (χ0n) is 16.1. The topological polar surface area (TPSA) is 130 Å². The number of hydrogen-bond donors (Lipinski definition) is 0. The maximum atomic E-state index is 11.7. The maximum absolute atomic E-state index is 11.7. The van der Waals surface area contributed by atoms with Crippen LogP contribution in [0.25, 0.3) is 0 Å². The molecule has 0 atom stereocenters. The molecule has 9 nitrogen and oxygen atoms in total. The molecule has 0 bridgehead atoms. The number of hydrogen-bond acceptors (Lipinski definition) is 9. The quantitative estimate of drug-likeness (QED) is 0.313. The van der Waals surface area contributed by atoms with Crippen LogP contribution >= 0.6 is 0 Å². The predicted molar refractivity (Wildman–Crippen MR) is 79.8 cm³/mol. The zero-order chi connectivity index (χ0) is 20.9. The highest BCUT2D eigenvalue weighted by Crippen LogP contribution is 2.03. The van der Waals surface area contributed by atoms with Crippen molar-refractivity contribution in [2.24, 2.45) is 0 Å². The molecule has 134 valence electrons. The Hall–Kier alpha value is -0.270. The summed E-state index contributed by atoms with van der Waals surface area (Å²) in [5.74, 6) is -0.557. The molecule has 0 spiro atoms. The minimum Gasteiger partial charge on any atom is -0.270 e. The molecule has 0 N–H and O–H groups in total. The van der Waals surface area contributed by atoms with Crippen molar-refractivity contribution in [1.82, 2.24) is 0 Å². The number of unbranched alkanes of at least 4 members (excludes halogenated alkanes) is 1. The minimum absolute atomic E-state index is 0.0229. The SMILES string of the molecule is [2H]C([2H])(COS(C)(=O)=O)C([2H])([2H])COS(=O)(=O)CCCCOS(C)(=O)=O. The lowest BCUT2D eigenvalue weighted by Gasteiger charge is -2.06. The second-order valence-corrected chi connectivity index (χ2v) is 9.12. The molecule has 0 saturated heterocycles. The van der Waals surface area contributed by atoms with Crippen LogP contribution in [0.3, 0.4) is 0 Å². The first-order valence-corrected chi connectivity index (χ1v) is 11.1. The molecular formula is C10H22O9S3. The van der Waals surface area contributed by atoms with Crippen LogP contribution in [0.1, 0.15) is 31.1 Å². The van der Waals surface area contributed by atoms with E-state index < -0.39 is 62.1 Å². The molecule has 12 heteroatoms. The highest BCUT2D eigenvalue weighted by Gasteiger charge is 2.11. The fourth-order valence-electron chi connectivity index (χ4n) is 1.01. The Labute approximate surface area is 137 Å². The average Bonchev–Trinajstić information content (AvgIpc) is 2.41. The molecule has 0 aromatic carbocycles. The molecule has 0 rings (SSSR count). The normalized spacial score (nSPS) is 17.4. The number of rotatable bonds is 13. The van der Waals surface area contributed by atoms with E-state index in [2.05, 4.69) is 12.5 Å². The molecule has 22 heavy (non-hydrogen) atoms. The molecule has 0 aliphatic carbocycles. The second kappa shape index (κ2) is 9.78. The van der Waals surface area contributed by atoms with E-state index in [1.807, 2.05) is 0 Å². The van der Waals surface area contributed by atoms with Crippen molar-refractivity contribution in [2.45, 2.75) is 25.6 Å². The zero-order valence-corrected chi connectivity index (χ0v) is 14.6. The summed E-state index contributed by atoms with van der Waals surface area (Å²) in [4.78, 5) is 0. The van der Waals surface area contributed by atoms with Crippen LogP contribution in [-0.4, -0.2) is 63.3 Å². The van der Waals surface area contributed by atoms with Crippen molar-refractivity contribution >= 4 is 30.4 Å². The van der Waals surface area contributed by atoms with Gasteiger partial charge in [0.2, 0.25) is 0 Å². The third-order valence-electron chi connectivity index (χ3n) is 1.87. The molecule has 0 saturated carbocycles. The summed E-state index contributed by atoms with van der Waals surface area (Å²) >= 11 is 0. The summed E-state index contributed by atoms with van der Waals surface area (Å²) in [6.07, 6.45) is -4.13. The summed E-state index contributed by atoms with van der Waals surface area (Å²) < 4.78 is 110. The van der Waals surface area contributed by atoms with Crippen molar-refractivity contribution in [1.29, 1.82) is 0 Å². The van der Waals surface area contributed by atoms with Crippen molar-refractivity contribution < 1.29 is 43.3 Å². The smallest absolute Gasteiger partial charge is 0.267 e. The average molecular weight is 387 g/mol. The summed E-state index contributed by atoms with van der Waals surface area (Å²) in [6.45, 7) is -2.55. The lowest BCUT2D eigenvalue weighted by molar-refractivity contribution is 0.271. The lowest BCUT2D eigenvalue weighted by atomic mass is 10.3. The van der Waals surface area contributed by atoms with E-state index in [1.165, 1.54) is 0 Å². The molecule has 0 unspecified atom stereocenters. The van der Waals surface area contributed by atoms with Crippen LogP contribution in [0.5, 0.6) is 0 Å². The molecule has 0 amide bonds. The molecule has 0 heterocycles. The van der Waals surface area contributed by atoms with E-state index >= 15 is 0 Å². The van der Waals surface area contributed by atoms with Gasteiger partial charge in [-0.1, -0.05) is 0 Å². The van der Waals surface area contributed by atoms with Crippen LogP contribution in [0.15, 0.2) is 0 Å². The summed E-state index contributed by atoms with van der Waals surface area (Å²) in [7, 11) is -11.8. The van der Waals surface area contributed by atoms with E-state index in [9.17, 15) is 25.3 Å². The Morgan fingerprint density at radius 2 is 1.18 bits per heavy atom. The largest absolute Gasteiger partial charge is 0.270 e. The summed E-state index contributed by atoms with van der Waals surface area (Å²) in [5.41, 5.74) is 0. The van der Waals surface area contributed by atoms with Crippen LogP contribution in [0, 0.1) is 0 Å². The van der Waals surface area contributed by atoms with Gasteiger partial charge in [-0.25, -0.2) is 0 Å². The fraction of sp³-hybridized carbons (Fsp3) is 1.00. The Morgan fingerprint density at radius 3 is 1.68 bits per heavy atom. The monoisotopic (exact) mass is 386 g/mol. The summed E-state index contributed by atoms with van der Waals surface area (Å²) in [5, 5.41) is 0. The fourth-order valence-corrected chi connectivity index (χ4v) is 2.62. The van der Waals surface area contributed by atoms with Crippen LogP contribution in [0.4, 0.5) is 0 Å². The minimum atomic E-state index is -4.21. The molecule has 0 aliphatic heterocycles. The van der Waals surface area contributed by atoms with Gasteiger partial charge in [0.05, 0.1) is 38.1 Å². The van der Waals surface area contributed by atoms with Crippen LogP contribution < -0.4 is 0 Å². The first kappa shape index (κ1) is 15.3. The van der Waals surface area contributed by atoms with E-state index in [0.29, 0.717) is 6.26 Å². The third-order valence-corrected chi connectivity index (χ3v) is 4.27. The van der Waals surface area contributed by atoms with Crippen LogP contribution in [-0.2, 0) is 42.9 Å². The Morgan fingerprint density at radius 1 is 0.727 bits per heavy atom. The van der Waals surface area contributed by atoms with Gasteiger partial charge in [0, 0.05) is 5.48 Å². The second-order valence-electron chi connectivity index (χ2n) is 4.08. The molecule has 0 fully saturated rings. The first-order chi connectivity index (χ1) is 11.4. The summed E-state index contributed by atoms with van der Waals surface area (Å²) in [6, 6.07) is 0. The van der Waals surface area contributed by atoms with Gasteiger partial charge in [-0.15, -0.1) is 0 Å². The Balaban J connectivity index is 4.53. The highest BCUT2D eigenvalue weighted by molar-refractivity contribution is 7.86. The molecule has 0 aliphatic rings. The van der Waals surface area contributed by atoms with Gasteiger partial charge in [0.25, 0.3) is 30.4 Å². The van der Waals surface area contributed by atoms with Gasteiger partial charge >= 0.3 is 0 Å². The van der Waals surface area contributed by atoms with Crippen LogP contribution in [0.2, 0.25) is 0 Å². The Kier molecular flexibility index (Phi) is 6.79. The molecule has 0 aromatic heterocycles. The molecule has 0 radical (unpaired) electrons.